The zero-order chi connectivity index (χ0) is 10.6. The lowest BCUT2D eigenvalue weighted by molar-refractivity contribution is 0.526. The van der Waals surface area contributed by atoms with Crippen LogP contribution >= 0.6 is 11.8 Å². The van der Waals surface area contributed by atoms with Crippen molar-refractivity contribution in [3.63, 3.8) is 0 Å². The van der Waals surface area contributed by atoms with Gasteiger partial charge in [0.15, 0.2) is 0 Å². The summed E-state index contributed by atoms with van der Waals surface area (Å²) >= 11 is 1.93. The van der Waals surface area contributed by atoms with Crippen LogP contribution in [0.25, 0.3) is 0 Å². The smallest absolute Gasteiger partial charge is 0.0638 e. The van der Waals surface area contributed by atoms with Crippen molar-refractivity contribution < 1.29 is 0 Å². The maximum atomic E-state index is 8.44. The molecule has 1 unspecified atom stereocenters. The van der Waals surface area contributed by atoms with Gasteiger partial charge in [-0.3, -0.25) is 0 Å². The van der Waals surface area contributed by atoms with Crippen molar-refractivity contribution in [2.45, 2.75) is 45.1 Å². The number of rotatable bonds is 9. The Bertz CT molecular complexity index is 154. The SMILES string of the molecule is CSCCCCCCNC(C)CC#N. The molecule has 0 rings (SSSR count). The highest BCUT2D eigenvalue weighted by atomic mass is 32.2. The quantitative estimate of drug-likeness (QED) is 0.600. The van der Waals surface area contributed by atoms with Crippen LogP contribution in [0.1, 0.15) is 39.0 Å². The average Bonchev–Trinajstić information content (AvgIpc) is 2.17. The lowest BCUT2D eigenvalue weighted by atomic mass is 10.2. The molecule has 0 saturated heterocycles. The Balaban J connectivity index is 3.02. The molecule has 0 aromatic carbocycles. The van der Waals surface area contributed by atoms with Gasteiger partial charge in [0.2, 0.25) is 0 Å². The van der Waals surface area contributed by atoms with Crippen LogP contribution in [0, 0.1) is 11.3 Å². The lowest BCUT2D eigenvalue weighted by Crippen LogP contribution is -2.26. The van der Waals surface area contributed by atoms with E-state index in [0.29, 0.717) is 12.5 Å². The van der Waals surface area contributed by atoms with E-state index < -0.39 is 0 Å². The molecule has 0 aliphatic rings. The summed E-state index contributed by atoms with van der Waals surface area (Å²) in [7, 11) is 0. The van der Waals surface area contributed by atoms with Crippen molar-refractivity contribution in [1.82, 2.24) is 5.32 Å². The molecule has 0 aliphatic carbocycles. The zero-order valence-corrected chi connectivity index (χ0v) is 10.2. The van der Waals surface area contributed by atoms with Crippen molar-refractivity contribution in [2.24, 2.45) is 0 Å². The Morgan fingerprint density at radius 1 is 1.29 bits per heavy atom. The summed E-state index contributed by atoms with van der Waals surface area (Å²) in [5.41, 5.74) is 0. The van der Waals surface area contributed by atoms with Crippen LogP contribution in [0.2, 0.25) is 0 Å². The van der Waals surface area contributed by atoms with E-state index in [-0.39, 0.29) is 0 Å². The number of nitrogens with one attached hydrogen (secondary N) is 1. The average molecular weight is 214 g/mol. The molecule has 0 fully saturated rings. The third-order valence-corrected chi connectivity index (χ3v) is 2.86. The first-order chi connectivity index (χ1) is 6.81. The van der Waals surface area contributed by atoms with Gasteiger partial charge in [0, 0.05) is 6.04 Å². The molecule has 0 aliphatic heterocycles. The minimum Gasteiger partial charge on any atom is -0.313 e. The molecule has 1 atom stereocenters. The maximum Gasteiger partial charge on any atom is 0.0638 e. The highest BCUT2D eigenvalue weighted by molar-refractivity contribution is 7.98. The summed E-state index contributed by atoms with van der Waals surface area (Å²) in [5, 5.41) is 11.8. The lowest BCUT2D eigenvalue weighted by Gasteiger charge is -2.09. The highest BCUT2D eigenvalue weighted by Crippen LogP contribution is 2.04. The summed E-state index contributed by atoms with van der Waals surface area (Å²) in [5.74, 6) is 1.29. The van der Waals surface area contributed by atoms with Gasteiger partial charge in [-0.25, -0.2) is 0 Å². The molecule has 82 valence electrons. The van der Waals surface area contributed by atoms with Crippen molar-refractivity contribution in [1.29, 1.82) is 5.26 Å². The number of nitrogens with zero attached hydrogens (tertiary/aromatic N) is 1. The Kier molecular flexibility index (Phi) is 10.7. The molecule has 0 radical (unpaired) electrons. The van der Waals surface area contributed by atoms with E-state index >= 15 is 0 Å². The minimum atomic E-state index is 0.353. The van der Waals surface area contributed by atoms with Crippen molar-refractivity contribution >= 4 is 11.8 Å². The van der Waals surface area contributed by atoms with E-state index in [1.807, 2.05) is 11.8 Å². The largest absolute Gasteiger partial charge is 0.313 e. The van der Waals surface area contributed by atoms with E-state index in [9.17, 15) is 0 Å². The monoisotopic (exact) mass is 214 g/mol. The van der Waals surface area contributed by atoms with Gasteiger partial charge in [-0.1, -0.05) is 12.8 Å². The fraction of sp³-hybridized carbons (Fsp3) is 0.909. The van der Waals surface area contributed by atoms with Gasteiger partial charge in [0.05, 0.1) is 12.5 Å². The predicted octanol–water partition coefficient (Wildman–Crippen LogP) is 2.80. The first kappa shape index (κ1) is 13.8. The second-order valence-electron chi connectivity index (χ2n) is 3.62. The number of unbranched alkanes of at least 4 members (excludes halogenated alkanes) is 3. The van der Waals surface area contributed by atoms with Crippen LogP contribution in [0.15, 0.2) is 0 Å². The molecule has 0 aromatic rings. The van der Waals surface area contributed by atoms with Gasteiger partial charge in [-0.15, -0.1) is 0 Å². The highest BCUT2D eigenvalue weighted by Gasteiger charge is 1.98. The summed E-state index contributed by atoms with van der Waals surface area (Å²) in [6, 6.07) is 2.52. The molecule has 2 nitrogen and oxygen atoms in total. The molecule has 1 N–H and O–H groups in total. The topological polar surface area (TPSA) is 35.8 Å². The normalized spacial score (nSPS) is 12.4. The van der Waals surface area contributed by atoms with Crippen molar-refractivity contribution in [3.8, 4) is 6.07 Å². The van der Waals surface area contributed by atoms with Crippen LogP contribution in [-0.4, -0.2) is 24.6 Å². The van der Waals surface area contributed by atoms with Crippen LogP contribution in [-0.2, 0) is 0 Å². The number of hydrogen-bond acceptors (Lipinski definition) is 3. The second-order valence-corrected chi connectivity index (χ2v) is 4.61. The van der Waals surface area contributed by atoms with E-state index in [1.165, 1.54) is 31.4 Å². The van der Waals surface area contributed by atoms with Gasteiger partial charge < -0.3 is 5.32 Å². The van der Waals surface area contributed by atoms with Gasteiger partial charge in [-0.2, -0.15) is 17.0 Å². The Morgan fingerprint density at radius 2 is 2.00 bits per heavy atom. The Morgan fingerprint density at radius 3 is 2.64 bits per heavy atom. The Labute approximate surface area is 92.5 Å². The second kappa shape index (κ2) is 10.9. The molecular weight excluding hydrogens is 192 g/mol. The molecular formula is C11H22N2S. The van der Waals surface area contributed by atoms with Crippen LogP contribution in [0.4, 0.5) is 0 Å². The maximum absolute atomic E-state index is 8.44. The van der Waals surface area contributed by atoms with E-state index in [1.54, 1.807) is 0 Å². The first-order valence-electron chi connectivity index (χ1n) is 5.40. The molecule has 0 spiro atoms. The molecule has 0 aromatic heterocycles. The summed E-state index contributed by atoms with van der Waals surface area (Å²) in [6.07, 6.45) is 8.01. The third-order valence-electron chi connectivity index (χ3n) is 2.17. The Hall–Kier alpha value is -0.200. The number of nitriles is 1. The molecule has 0 amide bonds. The van der Waals surface area contributed by atoms with E-state index in [2.05, 4.69) is 24.6 Å². The fourth-order valence-electron chi connectivity index (χ4n) is 1.28. The minimum absolute atomic E-state index is 0.353. The summed E-state index contributed by atoms with van der Waals surface area (Å²) in [6.45, 7) is 3.12. The molecule has 0 bridgehead atoms. The van der Waals surface area contributed by atoms with Crippen molar-refractivity contribution in [2.75, 3.05) is 18.6 Å². The molecule has 0 heterocycles. The fourth-order valence-corrected chi connectivity index (χ4v) is 1.78. The number of hydrogen-bond donors (Lipinski definition) is 1. The predicted molar refractivity (Wildman–Crippen MR) is 64.5 cm³/mol. The molecule has 0 saturated carbocycles. The standard InChI is InChI=1S/C11H22N2S/c1-11(7-8-12)13-9-5-3-4-6-10-14-2/h11,13H,3-7,9-10H2,1-2H3. The summed E-state index contributed by atoms with van der Waals surface area (Å²) < 4.78 is 0. The molecule has 3 heteroatoms. The van der Waals surface area contributed by atoms with E-state index in [4.69, 9.17) is 5.26 Å². The zero-order valence-electron chi connectivity index (χ0n) is 9.38. The van der Waals surface area contributed by atoms with Crippen molar-refractivity contribution in [3.05, 3.63) is 0 Å². The summed E-state index contributed by atoms with van der Waals surface area (Å²) in [4.78, 5) is 0. The first-order valence-corrected chi connectivity index (χ1v) is 6.80. The number of thioether (sulfide) groups is 1. The van der Waals surface area contributed by atoms with E-state index in [0.717, 1.165) is 6.54 Å². The van der Waals surface area contributed by atoms with Crippen LogP contribution in [0.3, 0.4) is 0 Å². The van der Waals surface area contributed by atoms with Gasteiger partial charge in [0.1, 0.15) is 0 Å². The van der Waals surface area contributed by atoms with Crippen LogP contribution < -0.4 is 5.32 Å². The van der Waals surface area contributed by atoms with Gasteiger partial charge in [-0.05, 0) is 38.3 Å². The van der Waals surface area contributed by atoms with Gasteiger partial charge in [0.25, 0.3) is 0 Å². The van der Waals surface area contributed by atoms with Gasteiger partial charge >= 0.3 is 0 Å². The molecule has 14 heavy (non-hydrogen) atoms. The third kappa shape index (κ3) is 9.88. The van der Waals surface area contributed by atoms with Crippen LogP contribution in [0.5, 0.6) is 0 Å².